The lowest BCUT2D eigenvalue weighted by Gasteiger charge is -2.17. The molecule has 0 unspecified atom stereocenters. The van der Waals surface area contributed by atoms with E-state index < -0.39 is 0 Å². The van der Waals surface area contributed by atoms with Gasteiger partial charge >= 0.3 is 0 Å². The molecule has 0 aliphatic rings. The zero-order valence-electron chi connectivity index (χ0n) is 9.73. The molecule has 0 saturated heterocycles. The van der Waals surface area contributed by atoms with E-state index in [0.29, 0.717) is 11.6 Å². The molecule has 94 valence electrons. The molecule has 18 heavy (non-hydrogen) atoms. The molecule has 1 aromatic heterocycles. The molecule has 0 amide bonds. The molecule has 1 heterocycles. The topological polar surface area (TPSA) is 48.1 Å². The second-order valence-corrected chi connectivity index (χ2v) is 4.97. The van der Waals surface area contributed by atoms with Gasteiger partial charge in [0.1, 0.15) is 11.9 Å². The number of rotatable bonds is 3. The molecular formula is C13H12FIN2O. The van der Waals surface area contributed by atoms with Gasteiger partial charge in [0, 0.05) is 15.3 Å². The Kier molecular flexibility index (Phi) is 4.00. The van der Waals surface area contributed by atoms with E-state index in [0.717, 1.165) is 9.13 Å². The van der Waals surface area contributed by atoms with Gasteiger partial charge in [0.15, 0.2) is 11.6 Å². The molecule has 0 spiro atoms. The van der Waals surface area contributed by atoms with Crippen molar-refractivity contribution >= 4 is 28.4 Å². The molecule has 3 nitrogen and oxygen atoms in total. The van der Waals surface area contributed by atoms with Crippen LogP contribution in [0.25, 0.3) is 0 Å². The number of ether oxygens (including phenoxy) is 1. The van der Waals surface area contributed by atoms with Crippen LogP contribution in [-0.2, 0) is 0 Å². The van der Waals surface area contributed by atoms with E-state index in [9.17, 15) is 4.39 Å². The van der Waals surface area contributed by atoms with Gasteiger partial charge < -0.3 is 10.5 Å². The van der Waals surface area contributed by atoms with Crippen LogP contribution >= 0.6 is 22.6 Å². The minimum absolute atomic E-state index is 0.278. The predicted octanol–water partition coefficient (Wildman–Crippen LogP) is 3.55. The lowest BCUT2D eigenvalue weighted by Crippen LogP contribution is -2.07. The normalized spacial score (nSPS) is 12.2. The van der Waals surface area contributed by atoms with Crippen molar-refractivity contribution in [2.75, 3.05) is 5.73 Å². The van der Waals surface area contributed by atoms with Crippen molar-refractivity contribution in [3.05, 3.63) is 51.5 Å². The van der Waals surface area contributed by atoms with Crippen LogP contribution in [0.5, 0.6) is 5.75 Å². The van der Waals surface area contributed by atoms with Crippen LogP contribution in [-0.4, -0.2) is 4.98 Å². The highest BCUT2D eigenvalue weighted by Crippen LogP contribution is 2.28. The monoisotopic (exact) mass is 358 g/mol. The fraction of sp³-hybridized carbons (Fsp3) is 0.154. The Bertz CT molecular complexity index is 562. The number of nitrogen functional groups attached to an aromatic ring is 1. The summed E-state index contributed by atoms with van der Waals surface area (Å²) in [5, 5.41) is 0. The molecule has 1 atom stereocenters. The summed E-state index contributed by atoms with van der Waals surface area (Å²) in [6.45, 7) is 1.85. The fourth-order valence-electron chi connectivity index (χ4n) is 1.58. The van der Waals surface area contributed by atoms with Crippen molar-refractivity contribution in [3.8, 4) is 5.75 Å². The second kappa shape index (κ2) is 5.51. The maximum Gasteiger partial charge on any atom is 0.166 e. The molecule has 1 aromatic carbocycles. The van der Waals surface area contributed by atoms with Crippen molar-refractivity contribution in [2.24, 2.45) is 0 Å². The van der Waals surface area contributed by atoms with Gasteiger partial charge in [-0.3, -0.25) is 0 Å². The summed E-state index contributed by atoms with van der Waals surface area (Å²) < 4.78 is 19.9. The van der Waals surface area contributed by atoms with Gasteiger partial charge in [0.2, 0.25) is 0 Å². The van der Waals surface area contributed by atoms with E-state index in [1.165, 1.54) is 12.1 Å². The SMILES string of the molecule is C[C@H](Oc1cccnc1N)c1cc(F)ccc1I. The number of hydrogen-bond donors (Lipinski definition) is 1. The van der Waals surface area contributed by atoms with Crippen LogP contribution in [0.2, 0.25) is 0 Å². The number of nitrogens with two attached hydrogens (primary N) is 1. The molecule has 2 aromatic rings. The number of halogens is 2. The van der Waals surface area contributed by atoms with E-state index in [-0.39, 0.29) is 11.9 Å². The third kappa shape index (κ3) is 2.90. The summed E-state index contributed by atoms with van der Waals surface area (Å²) in [5.74, 6) is 0.556. The van der Waals surface area contributed by atoms with Crippen LogP contribution in [0.4, 0.5) is 10.2 Å². The molecule has 0 fully saturated rings. The van der Waals surface area contributed by atoms with E-state index in [1.807, 2.05) is 6.92 Å². The Morgan fingerprint density at radius 2 is 2.17 bits per heavy atom. The Morgan fingerprint density at radius 3 is 2.89 bits per heavy atom. The third-order valence-electron chi connectivity index (χ3n) is 2.50. The lowest BCUT2D eigenvalue weighted by molar-refractivity contribution is 0.226. The molecule has 0 aliphatic carbocycles. The highest BCUT2D eigenvalue weighted by molar-refractivity contribution is 14.1. The summed E-state index contributed by atoms with van der Waals surface area (Å²) in [5.41, 5.74) is 6.49. The number of benzene rings is 1. The summed E-state index contributed by atoms with van der Waals surface area (Å²) >= 11 is 2.15. The van der Waals surface area contributed by atoms with Crippen LogP contribution in [0, 0.1) is 9.39 Å². The number of nitrogens with zero attached hydrogens (tertiary/aromatic N) is 1. The first-order valence-corrected chi connectivity index (χ1v) is 6.48. The number of aromatic nitrogens is 1. The summed E-state index contributed by atoms with van der Waals surface area (Å²) in [7, 11) is 0. The van der Waals surface area contributed by atoms with Crippen molar-refractivity contribution < 1.29 is 9.13 Å². The van der Waals surface area contributed by atoms with Gasteiger partial charge in [-0.25, -0.2) is 9.37 Å². The molecule has 2 rings (SSSR count). The molecule has 2 N–H and O–H groups in total. The Hall–Kier alpha value is -1.37. The maximum atomic E-state index is 13.2. The number of hydrogen-bond acceptors (Lipinski definition) is 3. The van der Waals surface area contributed by atoms with E-state index in [2.05, 4.69) is 27.6 Å². The van der Waals surface area contributed by atoms with Crippen molar-refractivity contribution in [3.63, 3.8) is 0 Å². The van der Waals surface area contributed by atoms with Gasteiger partial charge in [-0.2, -0.15) is 0 Å². The zero-order valence-corrected chi connectivity index (χ0v) is 11.9. The first-order chi connectivity index (χ1) is 8.58. The van der Waals surface area contributed by atoms with Gasteiger partial charge in [-0.05, 0) is 59.8 Å². The molecule has 0 radical (unpaired) electrons. The van der Waals surface area contributed by atoms with Crippen LogP contribution in [0.1, 0.15) is 18.6 Å². The van der Waals surface area contributed by atoms with Crippen LogP contribution in [0.15, 0.2) is 36.5 Å². The van der Waals surface area contributed by atoms with Gasteiger partial charge in [0.25, 0.3) is 0 Å². The molecule has 0 aliphatic heterocycles. The van der Waals surface area contributed by atoms with Gasteiger partial charge in [0.05, 0.1) is 0 Å². The van der Waals surface area contributed by atoms with E-state index in [4.69, 9.17) is 10.5 Å². The summed E-state index contributed by atoms with van der Waals surface area (Å²) in [6, 6.07) is 8.10. The van der Waals surface area contributed by atoms with Crippen molar-refractivity contribution in [2.45, 2.75) is 13.0 Å². The average Bonchev–Trinajstić information content (AvgIpc) is 2.35. The molecule has 0 bridgehead atoms. The van der Waals surface area contributed by atoms with E-state index >= 15 is 0 Å². The highest BCUT2D eigenvalue weighted by atomic mass is 127. The third-order valence-corrected chi connectivity index (χ3v) is 3.48. The van der Waals surface area contributed by atoms with Crippen LogP contribution in [0.3, 0.4) is 0 Å². The Labute approximate surface area is 118 Å². The van der Waals surface area contributed by atoms with Crippen LogP contribution < -0.4 is 10.5 Å². The van der Waals surface area contributed by atoms with Gasteiger partial charge in [-0.15, -0.1) is 0 Å². The maximum absolute atomic E-state index is 13.2. The quantitative estimate of drug-likeness (QED) is 0.854. The Balaban J connectivity index is 2.25. The summed E-state index contributed by atoms with van der Waals surface area (Å²) in [6.07, 6.45) is 1.30. The predicted molar refractivity (Wildman–Crippen MR) is 76.8 cm³/mol. The fourth-order valence-corrected chi connectivity index (χ4v) is 2.36. The average molecular weight is 358 g/mol. The zero-order chi connectivity index (χ0) is 13.1. The molecule has 0 saturated carbocycles. The minimum atomic E-state index is -0.293. The first kappa shape index (κ1) is 13.1. The van der Waals surface area contributed by atoms with Crippen molar-refractivity contribution in [1.82, 2.24) is 4.98 Å². The molecule has 5 heteroatoms. The standard InChI is InChI=1S/C13H12FIN2O/c1-8(10-7-9(14)4-5-11(10)15)18-12-3-2-6-17-13(12)16/h2-8H,1H3,(H2,16,17)/t8-/m0/s1. The largest absolute Gasteiger partial charge is 0.482 e. The van der Waals surface area contributed by atoms with Crippen molar-refractivity contribution in [1.29, 1.82) is 0 Å². The highest BCUT2D eigenvalue weighted by Gasteiger charge is 2.13. The minimum Gasteiger partial charge on any atom is -0.482 e. The first-order valence-electron chi connectivity index (χ1n) is 5.40. The Morgan fingerprint density at radius 1 is 1.39 bits per heavy atom. The molecular weight excluding hydrogens is 346 g/mol. The van der Waals surface area contributed by atoms with E-state index in [1.54, 1.807) is 24.4 Å². The number of pyridine rings is 1. The smallest absolute Gasteiger partial charge is 0.166 e. The summed E-state index contributed by atoms with van der Waals surface area (Å²) in [4.78, 5) is 3.94. The lowest BCUT2D eigenvalue weighted by atomic mass is 10.1. The van der Waals surface area contributed by atoms with Gasteiger partial charge in [-0.1, -0.05) is 0 Å². The number of anilines is 1. The second-order valence-electron chi connectivity index (χ2n) is 3.81.